The molecule has 1 heterocycles. The number of aromatic nitrogens is 1. The first kappa shape index (κ1) is 16.4. The van der Waals surface area contributed by atoms with Gasteiger partial charge in [0.1, 0.15) is 0 Å². The highest BCUT2D eigenvalue weighted by molar-refractivity contribution is 5.26. The average Bonchev–Trinajstić information content (AvgIpc) is 2.03. The van der Waals surface area contributed by atoms with Crippen molar-refractivity contribution in [3.8, 4) is 0 Å². The van der Waals surface area contributed by atoms with Crippen LogP contribution in [0.2, 0.25) is 0 Å². The molecule has 0 saturated heterocycles. The molecule has 0 aliphatic heterocycles. The van der Waals surface area contributed by atoms with Gasteiger partial charge < -0.3 is 0 Å². The fourth-order valence-electron chi connectivity index (χ4n) is 1.52. The molecule has 1 N–H and O–H groups in total. The van der Waals surface area contributed by atoms with Crippen molar-refractivity contribution in [2.24, 2.45) is 0 Å². The van der Waals surface area contributed by atoms with Gasteiger partial charge in [-0.3, -0.25) is 5.21 Å². The summed E-state index contributed by atoms with van der Waals surface area (Å²) >= 11 is 0. The minimum Gasteiger partial charge on any atom is -0.285 e. The molecule has 0 aromatic carbocycles. The largest absolute Gasteiger partial charge is 0.285 e. The Morgan fingerprint density at radius 2 is 1.47 bits per heavy atom. The normalized spacial score (nSPS) is 9.73. The Kier molecular flexibility index (Phi) is 7.03. The molecule has 0 amide bonds. The molecular weight excluding hydrogens is 186 g/mol. The minimum absolute atomic E-state index is 0. The lowest BCUT2D eigenvalue weighted by Gasteiger charge is -2.12. The molecule has 1 aromatic heterocycles. The van der Waals surface area contributed by atoms with Gasteiger partial charge in [0.05, 0.1) is 0 Å². The molecule has 0 aliphatic carbocycles. The van der Waals surface area contributed by atoms with E-state index in [-0.39, 0.29) is 14.9 Å². The van der Waals surface area contributed by atoms with Crippen LogP contribution in [0.25, 0.3) is 0 Å². The summed E-state index contributed by atoms with van der Waals surface area (Å²) in [4.78, 5) is 0. The summed E-state index contributed by atoms with van der Waals surface area (Å²) < 4.78 is 1.13. The van der Waals surface area contributed by atoms with Crippen LogP contribution < -0.4 is 4.73 Å². The zero-order valence-electron chi connectivity index (χ0n) is 8.78. The average molecular weight is 212 g/mol. The summed E-state index contributed by atoms with van der Waals surface area (Å²) in [7, 11) is 0. The van der Waals surface area contributed by atoms with Crippen molar-refractivity contribution in [2.45, 2.75) is 54.4 Å². The number of nitrogens with zero attached hydrogens (tertiary/aromatic N) is 1. The fourth-order valence-corrected chi connectivity index (χ4v) is 1.52. The molecule has 2 nitrogen and oxygen atoms in total. The highest BCUT2D eigenvalue weighted by Gasteiger charge is 2.14. The fraction of sp³-hybridized carbons (Fsp3) is 0.615. The SMILES string of the molecule is C.C.CC(C)c1cc[n+](O)cc1C(C)C. The number of rotatable bonds is 2. The van der Waals surface area contributed by atoms with E-state index in [0.29, 0.717) is 11.8 Å². The van der Waals surface area contributed by atoms with Crippen LogP contribution in [0.1, 0.15) is 65.5 Å². The lowest BCUT2D eigenvalue weighted by Crippen LogP contribution is -2.30. The lowest BCUT2D eigenvalue weighted by molar-refractivity contribution is -0.905. The maximum atomic E-state index is 9.28. The van der Waals surface area contributed by atoms with Gasteiger partial charge in [-0.15, -0.1) is 0 Å². The van der Waals surface area contributed by atoms with Crippen molar-refractivity contribution in [3.05, 3.63) is 29.6 Å². The summed E-state index contributed by atoms with van der Waals surface area (Å²) in [6, 6.07) is 1.99. The van der Waals surface area contributed by atoms with Crippen molar-refractivity contribution < 1.29 is 9.94 Å². The maximum absolute atomic E-state index is 9.28. The van der Waals surface area contributed by atoms with Gasteiger partial charge in [0, 0.05) is 16.4 Å². The summed E-state index contributed by atoms with van der Waals surface area (Å²) in [5, 5.41) is 9.28. The lowest BCUT2D eigenvalue weighted by atomic mass is 9.93. The smallest absolute Gasteiger partial charge is 0.225 e. The monoisotopic (exact) mass is 212 g/mol. The van der Waals surface area contributed by atoms with E-state index in [4.69, 9.17) is 0 Å². The molecule has 1 rings (SSSR count). The van der Waals surface area contributed by atoms with E-state index in [0.717, 1.165) is 4.73 Å². The van der Waals surface area contributed by atoms with Crippen LogP contribution >= 0.6 is 0 Å². The number of pyridine rings is 1. The number of hydrogen-bond acceptors (Lipinski definition) is 1. The standard InChI is InChI=1S/C11H18NO.2CH4/c1-8(2)10-5-6-12(13)7-11(10)9(3)4;;/h5-9,13H,1-4H3;2*1H4/q+1;;. The van der Waals surface area contributed by atoms with Gasteiger partial charge in [0.15, 0.2) is 0 Å². The topological polar surface area (TPSA) is 24.1 Å². The Morgan fingerprint density at radius 3 is 1.87 bits per heavy atom. The highest BCUT2D eigenvalue weighted by atomic mass is 16.5. The van der Waals surface area contributed by atoms with E-state index in [1.54, 1.807) is 12.4 Å². The van der Waals surface area contributed by atoms with Gasteiger partial charge in [0.2, 0.25) is 12.4 Å². The van der Waals surface area contributed by atoms with E-state index in [1.165, 1.54) is 11.1 Å². The Bertz CT molecular complexity index is 293. The Hall–Kier alpha value is -1.05. The quantitative estimate of drug-likeness (QED) is 0.586. The van der Waals surface area contributed by atoms with Gasteiger partial charge >= 0.3 is 0 Å². The van der Waals surface area contributed by atoms with Gasteiger partial charge in [0.25, 0.3) is 0 Å². The molecule has 0 fully saturated rings. The number of hydrogen-bond donors (Lipinski definition) is 1. The van der Waals surface area contributed by atoms with Crippen LogP contribution in [0.15, 0.2) is 18.5 Å². The molecule has 1 aromatic rings. The minimum atomic E-state index is 0. The zero-order chi connectivity index (χ0) is 10.0. The van der Waals surface area contributed by atoms with Crippen molar-refractivity contribution in [1.29, 1.82) is 0 Å². The van der Waals surface area contributed by atoms with E-state index < -0.39 is 0 Å². The molecule has 0 radical (unpaired) electrons. The third-order valence-corrected chi connectivity index (χ3v) is 2.26. The summed E-state index contributed by atoms with van der Waals surface area (Å²) in [6.07, 6.45) is 3.47. The van der Waals surface area contributed by atoms with Gasteiger partial charge in [-0.1, -0.05) is 42.5 Å². The molecule has 2 heteroatoms. The molecule has 15 heavy (non-hydrogen) atoms. The second-order valence-corrected chi connectivity index (χ2v) is 4.04. The van der Waals surface area contributed by atoms with Crippen LogP contribution in [0.4, 0.5) is 0 Å². The molecule has 0 saturated carbocycles. The van der Waals surface area contributed by atoms with Crippen LogP contribution in [0.5, 0.6) is 0 Å². The Morgan fingerprint density at radius 1 is 1.00 bits per heavy atom. The molecule has 0 spiro atoms. The predicted molar refractivity (Wildman–Crippen MR) is 65.5 cm³/mol. The van der Waals surface area contributed by atoms with E-state index in [9.17, 15) is 5.21 Å². The predicted octanol–water partition coefficient (Wildman–Crippen LogP) is 3.73. The Labute approximate surface area is 94.5 Å². The van der Waals surface area contributed by atoms with E-state index in [2.05, 4.69) is 27.7 Å². The third kappa shape index (κ3) is 3.90. The summed E-state index contributed by atoms with van der Waals surface area (Å²) in [5.74, 6) is 0.968. The first-order valence-corrected chi connectivity index (χ1v) is 4.76. The zero-order valence-corrected chi connectivity index (χ0v) is 8.78. The van der Waals surface area contributed by atoms with Crippen molar-refractivity contribution >= 4 is 0 Å². The molecule has 0 aliphatic rings. The first-order valence-electron chi connectivity index (χ1n) is 4.76. The highest BCUT2D eigenvalue weighted by Crippen LogP contribution is 2.23. The van der Waals surface area contributed by atoms with Crippen molar-refractivity contribution in [2.75, 3.05) is 0 Å². The van der Waals surface area contributed by atoms with Gasteiger partial charge in [-0.05, 0) is 17.4 Å². The summed E-state index contributed by atoms with van der Waals surface area (Å²) in [6.45, 7) is 8.62. The maximum Gasteiger partial charge on any atom is 0.225 e. The van der Waals surface area contributed by atoms with E-state index in [1.807, 2.05) is 6.07 Å². The second kappa shape index (κ2) is 6.44. The molecule has 0 bridgehead atoms. The van der Waals surface area contributed by atoms with Crippen LogP contribution in [-0.2, 0) is 0 Å². The molecule has 0 atom stereocenters. The molecule has 88 valence electrons. The van der Waals surface area contributed by atoms with Crippen molar-refractivity contribution in [1.82, 2.24) is 0 Å². The third-order valence-electron chi connectivity index (χ3n) is 2.26. The van der Waals surface area contributed by atoms with Gasteiger partial charge in [-0.2, -0.15) is 0 Å². The summed E-state index contributed by atoms with van der Waals surface area (Å²) in [5.41, 5.74) is 2.54. The first-order chi connectivity index (χ1) is 6.02. The van der Waals surface area contributed by atoms with Crippen molar-refractivity contribution in [3.63, 3.8) is 0 Å². The van der Waals surface area contributed by atoms with Crippen LogP contribution in [0, 0.1) is 0 Å². The molecular formula is C13H26NO+. The van der Waals surface area contributed by atoms with Crippen LogP contribution in [-0.4, -0.2) is 5.21 Å². The second-order valence-electron chi connectivity index (χ2n) is 4.04. The van der Waals surface area contributed by atoms with Gasteiger partial charge in [-0.25, -0.2) is 0 Å². The van der Waals surface area contributed by atoms with Crippen LogP contribution in [0.3, 0.4) is 0 Å². The van der Waals surface area contributed by atoms with E-state index >= 15 is 0 Å². The Balaban J connectivity index is 0. The molecule has 0 unspecified atom stereocenters.